The first-order chi connectivity index (χ1) is 11.2. The zero-order valence-electron chi connectivity index (χ0n) is 14.2. The minimum absolute atomic E-state index is 0.0283. The third-order valence-corrected chi connectivity index (χ3v) is 4.62. The van der Waals surface area contributed by atoms with Crippen molar-refractivity contribution in [1.29, 1.82) is 0 Å². The van der Waals surface area contributed by atoms with Crippen LogP contribution in [-0.2, 0) is 4.74 Å². The summed E-state index contributed by atoms with van der Waals surface area (Å²) in [6.45, 7) is 6.57. The molecule has 2 aromatic carbocycles. The minimum atomic E-state index is 0.0283. The molecular formula is C21H27NO. The highest BCUT2D eigenvalue weighted by Crippen LogP contribution is 2.30. The number of hydrogen-bond donors (Lipinski definition) is 1. The van der Waals surface area contributed by atoms with Gasteiger partial charge in [-0.1, -0.05) is 68.4 Å². The molecule has 1 saturated heterocycles. The van der Waals surface area contributed by atoms with Gasteiger partial charge in [-0.05, 0) is 48.5 Å². The summed E-state index contributed by atoms with van der Waals surface area (Å²) in [6, 6.07) is 19.5. The van der Waals surface area contributed by atoms with E-state index < -0.39 is 0 Å². The Morgan fingerprint density at radius 1 is 0.826 bits per heavy atom. The third kappa shape index (κ3) is 4.21. The molecule has 1 heterocycles. The lowest BCUT2D eigenvalue weighted by Gasteiger charge is -2.29. The molecule has 122 valence electrons. The quantitative estimate of drug-likeness (QED) is 0.866. The van der Waals surface area contributed by atoms with Crippen LogP contribution >= 0.6 is 0 Å². The molecule has 1 aliphatic heterocycles. The lowest BCUT2D eigenvalue weighted by molar-refractivity contribution is -0.00806. The topological polar surface area (TPSA) is 21.3 Å². The molecule has 2 heteroatoms. The van der Waals surface area contributed by atoms with E-state index in [0.717, 1.165) is 25.9 Å². The summed E-state index contributed by atoms with van der Waals surface area (Å²) in [7, 11) is 0. The van der Waals surface area contributed by atoms with E-state index in [2.05, 4.69) is 73.8 Å². The lowest BCUT2D eigenvalue weighted by Crippen LogP contribution is -2.33. The predicted octanol–water partition coefficient (Wildman–Crippen LogP) is 4.67. The summed E-state index contributed by atoms with van der Waals surface area (Å²) in [5.41, 5.74) is 3.87. The molecule has 3 rings (SSSR count). The Morgan fingerprint density at radius 2 is 1.39 bits per heavy atom. The SMILES string of the molecule is CC(C)c1ccc(C(OC2CCNCC2)c2ccccc2)cc1. The molecule has 0 aliphatic carbocycles. The van der Waals surface area contributed by atoms with Gasteiger partial charge in [-0.25, -0.2) is 0 Å². The molecule has 1 unspecified atom stereocenters. The van der Waals surface area contributed by atoms with Gasteiger partial charge < -0.3 is 10.1 Å². The maximum absolute atomic E-state index is 6.52. The maximum Gasteiger partial charge on any atom is 0.108 e. The van der Waals surface area contributed by atoms with Gasteiger partial charge >= 0.3 is 0 Å². The fraction of sp³-hybridized carbons (Fsp3) is 0.429. The summed E-state index contributed by atoms with van der Waals surface area (Å²) in [4.78, 5) is 0. The summed E-state index contributed by atoms with van der Waals surface area (Å²) in [5.74, 6) is 0.560. The third-order valence-electron chi connectivity index (χ3n) is 4.62. The van der Waals surface area contributed by atoms with Gasteiger partial charge in [0.25, 0.3) is 0 Å². The first-order valence-electron chi connectivity index (χ1n) is 8.75. The normalized spacial score (nSPS) is 17.3. The van der Waals surface area contributed by atoms with Crippen LogP contribution in [0.3, 0.4) is 0 Å². The van der Waals surface area contributed by atoms with E-state index in [1.165, 1.54) is 16.7 Å². The van der Waals surface area contributed by atoms with Crippen molar-refractivity contribution in [2.75, 3.05) is 13.1 Å². The molecule has 0 spiro atoms. The smallest absolute Gasteiger partial charge is 0.108 e. The van der Waals surface area contributed by atoms with Crippen molar-refractivity contribution in [1.82, 2.24) is 5.32 Å². The molecular weight excluding hydrogens is 282 g/mol. The van der Waals surface area contributed by atoms with Crippen LogP contribution in [0, 0.1) is 0 Å². The summed E-state index contributed by atoms with van der Waals surface area (Å²) >= 11 is 0. The summed E-state index contributed by atoms with van der Waals surface area (Å²) in [5, 5.41) is 3.41. The molecule has 0 aromatic heterocycles. The largest absolute Gasteiger partial charge is 0.365 e. The average molecular weight is 309 g/mol. The number of piperidine rings is 1. The Kier molecular flexibility index (Phi) is 5.47. The second-order valence-corrected chi connectivity index (χ2v) is 6.70. The Hall–Kier alpha value is -1.64. The molecule has 0 bridgehead atoms. The highest BCUT2D eigenvalue weighted by Gasteiger charge is 2.21. The van der Waals surface area contributed by atoms with Gasteiger partial charge in [0.05, 0.1) is 6.10 Å². The van der Waals surface area contributed by atoms with E-state index >= 15 is 0 Å². The van der Waals surface area contributed by atoms with Crippen LogP contribution in [-0.4, -0.2) is 19.2 Å². The van der Waals surface area contributed by atoms with Crippen LogP contribution in [0.5, 0.6) is 0 Å². The van der Waals surface area contributed by atoms with Gasteiger partial charge in [0.1, 0.15) is 6.10 Å². The summed E-state index contributed by atoms with van der Waals surface area (Å²) in [6.07, 6.45) is 2.55. The van der Waals surface area contributed by atoms with Crippen molar-refractivity contribution in [2.45, 2.75) is 44.8 Å². The molecule has 0 amide bonds. The zero-order chi connectivity index (χ0) is 16.1. The van der Waals surface area contributed by atoms with Crippen molar-refractivity contribution >= 4 is 0 Å². The Bertz CT molecular complexity index is 585. The average Bonchev–Trinajstić information content (AvgIpc) is 2.61. The van der Waals surface area contributed by atoms with Crippen LogP contribution < -0.4 is 5.32 Å². The lowest BCUT2D eigenvalue weighted by atomic mass is 9.96. The van der Waals surface area contributed by atoms with Crippen molar-refractivity contribution in [3.05, 3.63) is 71.3 Å². The molecule has 2 aromatic rings. The van der Waals surface area contributed by atoms with Crippen molar-refractivity contribution in [3.8, 4) is 0 Å². The molecule has 0 saturated carbocycles. The van der Waals surface area contributed by atoms with E-state index in [1.807, 2.05) is 0 Å². The van der Waals surface area contributed by atoms with Crippen LogP contribution in [0.25, 0.3) is 0 Å². The van der Waals surface area contributed by atoms with E-state index in [1.54, 1.807) is 0 Å². The molecule has 1 N–H and O–H groups in total. The molecule has 1 aliphatic rings. The molecule has 2 nitrogen and oxygen atoms in total. The van der Waals surface area contributed by atoms with Crippen LogP contribution in [0.4, 0.5) is 0 Å². The van der Waals surface area contributed by atoms with Gasteiger partial charge in [-0.15, -0.1) is 0 Å². The highest BCUT2D eigenvalue weighted by atomic mass is 16.5. The highest BCUT2D eigenvalue weighted by molar-refractivity contribution is 5.33. The minimum Gasteiger partial charge on any atom is -0.365 e. The Balaban J connectivity index is 1.84. The summed E-state index contributed by atoms with van der Waals surface area (Å²) < 4.78 is 6.52. The van der Waals surface area contributed by atoms with Gasteiger partial charge in [0.2, 0.25) is 0 Å². The van der Waals surface area contributed by atoms with E-state index in [9.17, 15) is 0 Å². The number of rotatable bonds is 5. The standard InChI is InChI=1S/C21H27NO/c1-16(2)17-8-10-19(11-9-17)21(18-6-4-3-5-7-18)23-20-12-14-22-15-13-20/h3-11,16,20-22H,12-15H2,1-2H3. The van der Waals surface area contributed by atoms with Gasteiger partial charge in [-0.3, -0.25) is 0 Å². The fourth-order valence-corrected chi connectivity index (χ4v) is 3.16. The Labute approximate surface area is 139 Å². The van der Waals surface area contributed by atoms with Crippen molar-refractivity contribution in [2.24, 2.45) is 0 Å². The first-order valence-corrected chi connectivity index (χ1v) is 8.75. The zero-order valence-corrected chi connectivity index (χ0v) is 14.2. The van der Waals surface area contributed by atoms with Gasteiger partial charge in [0, 0.05) is 0 Å². The van der Waals surface area contributed by atoms with E-state index in [-0.39, 0.29) is 6.10 Å². The van der Waals surface area contributed by atoms with Gasteiger partial charge in [-0.2, -0.15) is 0 Å². The van der Waals surface area contributed by atoms with Crippen molar-refractivity contribution < 1.29 is 4.74 Å². The van der Waals surface area contributed by atoms with Crippen LogP contribution in [0.1, 0.15) is 55.4 Å². The molecule has 23 heavy (non-hydrogen) atoms. The van der Waals surface area contributed by atoms with E-state index in [0.29, 0.717) is 12.0 Å². The number of hydrogen-bond acceptors (Lipinski definition) is 2. The first kappa shape index (κ1) is 16.2. The van der Waals surface area contributed by atoms with Crippen LogP contribution in [0.2, 0.25) is 0 Å². The number of benzene rings is 2. The van der Waals surface area contributed by atoms with E-state index in [4.69, 9.17) is 4.74 Å². The monoisotopic (exact) mass is 309 g/mol. The van der Waals surface area contributed by atoms with Crippen molar-refractivity contribution in [3.63, 3.8) is 0 Å². The number of nitrogens with one attached hydrogen (secondary N) is 1. The second-order valence-electron chi connectivity index (χ2n) is 6.70. The maximum atomic E-state index is 6.52. The number of ether oxygens (including phenoxy) is 1. The molecule has 1 atom stereocenters. The van der Waals surface area contributed by atoms with Gasteiger partial charge in [0.15, 0.2) is 0 Å². The Morgan fingerprint density at radius 3 is 2.00 bits per heavy atom. The second kappa shape index (κ2) is 7.76. The van der Waals surface area contributed by atoms with Crippen LogP contribution in [0.15, 0.2) is 54.6 Å². The molecule has 1 fully saturated rings. The molecule has 0 radical (unpaired) electrons. The fourth-order valence-electron chi connectivity index (χ4n) is 3.16. The predicted molar refractivity (Wildman–Crippen MR) is 95.8 cm³/mol.